The molecule has 0 heterocycles. The fourth-order valence-electron chi connectivity index (χ4n) is 1.65. The summed E-state index contributed by atoms with van der Waals surface area (Å²) in [5.41, 5.74) is 0.961. The molecule has 1 unspecified atom stereocenters. The number of ether oxygens (including phenoxy) is 2. The maximum atomic E-state index is 9.27. The average molecular weight is 267 g/mol. The number of aliphatic hydroxyl groups is 1. The summed E-state index contributed by atoms with van der Waals surface area (Å²) in [6, 6.07) is 8.05. The highest BCUT2D eigenvalue weighted by Gasteiger charge is 2.20. The van der Waals surface area contributed by atoms with Crippen molar-refractivity contribution in [1.29, 1.82) is 0 Å². The van der Waals surface area contributed by atoms with Crippen LogP contribution in [0.25, 0.3) is 0 Å². The Balaban J connectivity index is 2.37. The summed E-state index contributed by atoms with van der Waals surface area (Å²) in [7, 11) is 3.55. The van der Waals surface area contributed by atoms with E-state index in [1.54, 1.807) is 7.11 Å². The van der Waals surface area contributed by atoms with Crippen LogP contribution >= 0.6 is 0 Å². The monoisotopic (exact) mass is 267 g/mol. The Morgan fingerprint density at radius 2 is 1.89 bits per heavy atom. The number of likely N-dealkylation sites (N-methyl/N-ethyl adjacent to an activating group) is 1. The highest BCUT2D eigenvalue weighted by molar-refractivity contribution is 5.27. The van der Waals surface area contributed by atoms with Crippen molar-refractivity contribution in [3.63, 3.8) is 0 Å². The fraction of sp³-hybridized carbons (Fsp3) is 0.600. The molecule has 0 aliphatic carbocycles. The molecule has 108 valence electrons. The van der Waals surface area contributed by atoms with E-state index in [0.29, 0.717) is 6.61 Å². The molecule has 0 amide bonds. The minimum atomic E-state index is -0.279. The van der Waals surface area contributed by atoms with Crippen LogP contribution < -0.4 is 10.1 Å². The summed E-state index contributed by atoms with van der Waals surface area (Å²) in [6.45, 7) is 3.39. The van der Waals surface area contributed by atoms with Gasteiger partial charge in [-0.1, -0.05) is 12.1 Å². The Morgan fingerprint density at radius 1 is 1.21 bits per heavy atom. The molecule has 0 aliphatic heterocycles. The van der Waals surface area contributed by atoms with Crippen LogP contribution in [0, 0.1) is 0 Å². The molecule has 19 heavy (non-hydrogen) atoms. The predicted octanol–water partition coefficient (Wildman–Crippen LogP) is 1.61. The van der Waals surface area contributed by atoms with Gasteiger partial charge in [0, 0.05) is 19.1 Å². The van der Waals surface area contributed by atoms with Gasteiger partial charge in [0.1, 0.15) is 5.75 Å². The van der Waals surface area contributed by atoms with Crippen LogP contribution in [-0.2, 0) is 11.2 Å². The lowest BCUT2D eigenvalue weighted by Crippen LogP contribution is -2.44. The minimum absolute atomic E-state index is 0.100. The van der Waals surface area contributed by atoms with Crippen molar-refractivity contribution in [2.75, 3.05) is 34.0 Å². The molecule has 2 N–H and O–H groups in total. The van der Waals surface area contributed by atoms with Crippen molar-refractivity contribution < 1.29 is 14.6 Å². The number of hydrogen-bond donors (Lipinski definition) is 2. The lowest BCUT2D eigenvalue weighted by Gasteiger charge is -2.26. The van der Waals surface area contributed by atoms with Gasteiger partial charge in [-0.2, -0.15) is 0 Å². The summed E-state index contributed by atoms with van der Waals surface area (Å²) in [4.78, 5) is 0. The van der Waals surface area contributed by atoms with Gasteiger partial charge in [0.15, 0.2) is 0 Å². The zero-order chi connectivity index (χ0) is 14.1. The summed E-state index contributed by atoms with van der Waals surface area (Å²) in [5.74, 6) is 0.859. The van der Waals surface area contributed by atoms with Gasteiger partial charge < -0.3 is 19.9 Å². The normalized spacial score (nSPS) is 14.1. The first-order valence-electron chi connectivity index (χ1n) is 6.64. The largest absolute Gasteiger partial charge is 0.494 e. The van der Waals surface area contributed by atoms with E-state index in [9.17, 15) is 5.11 Å². The van der Waals surface area contributed by atoms with Gasteiger partial charge in [-0.25, -0.2) is 0 Å². The van der Waals surface area contributed by atoms with Crippen molar-refractivity contribution in [2.24, 2.45) is 0 Å². The molecule has 0 spiro atoms. The van der Waals surface area contributed by atoms with Crippen LogP contribution in [0.5, 0.6) is 5.75 Å². The van der Waals surface area contributed by atoms with Crippen LogP contribution in [0.1, 0.15) is 18.9 Å². The van der Waals surface area contributed by atoms with Gasteiger partial charge in [-0.15, -0.1) is 0 Å². The molecule has 1 rings (SSSR count). The topological polar surface area (TPSA) is 50.7 Å². The lowest BCUT2D eigenvalue weighted by atomic mass is 10.0. The first kappa shape index (κ1) is 16.0. The minimum Gasteiger partial charge on any atom is -0.494 e. The molecular formula is C15H25NO3. The maximum absolute atomic E-state index is 9.27. The SMILES string of the molecule is CNC(C)(CO)CCOc1ccc(CCOC)cc1. The molecule has 0 bridgehead atoms. The molecular weight excluding hydrogens is 242 g/mol. The number of benzene rings is 1. The van der Waals surface area contributed by atoms with E-state index in [2.05, 4.69) is 17.4 Å². The molecule has 1 aromatic rings. The van der Waals surface area contributed by atoms with Crippen LogP contribution in [0.2, 0.25) is 0 Å². The van der Waals surface area contributed by atoms with E-state index in [1.807, 2.05) is 26.1 Å². The number of rotatable bonds is 9. The Morgan fingerprint density at radius 3 is 2.42 bits per heavy atom. The molecule has 0 aromatic heterocycles. The summed E-state index contributed by atoms with van der Waals surface area (Å²) < 4.78 is 10.7. The van der Waals surface area contributed by atoms with Crippen LogP contribution in [-0.4, -0.2) is 44.6 Å². The molecule has 0 saturated heterocycles. The molecule has 4 heteroatoms. The number of nitrogens with one attached hydrogen (secondary N) is 1. The van der Waals surface area contributed by atoms with E-state index >= 15 is 0 Å². The van der Waals surface area contributed by atoms with Gasteiger partial charge in [0.25, 0.3) is 0 Å². The van der Waals surface area contributed by atoms with E-state index in [-0.39, 0.29) is 12.1 Å². The Labute approximate surface area is 115 Å². The third-order valence-electron chi connectivity index (χ3n) is 3.39. The molecule has 1 atom stereocenters. The molecule has 0 fully saturated rings. The van der Waals surface area contributed by atoms with Crippen molar-refractivity contribution in [1.82, 2.24) is 5.32 Å². The number of methoxy groups -OCH3 is 1. The number of aliphatic hydroxyl groups excluding tert-OH is 1. The fourth-order valence-corrected chi connectivity index (χ4v) is 1.65. The maximum Gasteiger partial charge on any atom is 0.119 e. The van der Waals surface area contributed by atoms with Crippen molar-refractivity contribution in [2.45, 2.75) is 25.3 Å². The zero-order valence-corrected chi connectivity index (χ0v) is 12.1. The highest BCUT2D eigenvalue weighted by atomic mass is 16.5. The second kappa shape index (κ2) is 8.15. The molecule has 1 aromatic carbocycles. The molecule has 0 saturated carbocycles. The van der Waals surface area contributed by atoms with Gasteiger partial charge in [-0.05, 0) is 38.1 Å². The first-order chi connectivity index (χ1) is 9.13. The zero-order valence-electron chi connectivity index (χ0n) is 12.1. The van der Waals surface area contributed by atoms with Crippen molar-refractivity contribution >= 4 is 0 Å². The van der Waals surface area contributed by atoms with Gasteiger partial charge in [0.05, 0.1) is 19.8 Å². The predicted molar refractivity (Wildman–Crippen MR) is 76.7 cm³/mol. The van der Waals surface area contributed by atoms with Gasteiger partial charge in [-0.3, -0.25) is 0 Å². The third kappa shape index (κ3) is 5.59. The van der Waals surface area contributed by atoms with E-state index < -0.39 is 0 Å². The van der Waals surface area contributed by atoms with Crippen LogP contribution in [0.4, 0.5) is 0 Å². The van der Waals surface area contributed by atoms with Crippen LogP contribution in [0.3, 0.4) is 0 Å². The average Bonchev–Trinajstić information content (AvgIpc) is 2.46. The smallest absolute Gasteiger partial charge is 0.119 e. The first-order valence-corrected chi connectivity index (χ1v) is 6.64. The van der Waals surface area contributed by atoms with Crippen molar-refractivity contribution in [3.05, 3.63) is 29.8 Å². The summed E-state index contributed by atoms with van der Waals surface area (Å²) >= 11 is 0. The molecule has 0 aliphatic rings. The summed E-state index contributed by atoms with van der Waals surface area (Å²) in [5, 5.41) is 12.4. The quantitative estimate of drug-likeness (QED) is 0.714. The van der Waals surface area contributed by atoms with Gasteiger partial charge >= 0.3 is 0 Å². The Kier molecular flexibility index (Phi) is 6.84. The standard InChI is InChI=1S/C15H25NO3/c1-15(12-17,16-2)9-11-19-14-6-4-13(5-7-14)8-10-18-3/h4-7,16-17H,8-12H2,1-3H3. The number of hydrogen-bond acceptors (Lipinski definition) is 4. The second-order valence-electron chi connectivity index (χ2n) is 4.95. The Hall–Kier alpha value is -1.10. The van der Waals surface area contributed by atoms with E-state index in [4.69, 9.17) is 9.47 Å². The molecule has 4 nitrogen and oxygen atoms in total. The van der Waals surface area contributed by atoms with Crippen molar-refractivity contribution in [3.8, 4) is 5.75 Å². The highest BCUT2D eigenvalue weighted by Crippen LogP contribution is 2.15. The summed E-state index contributed by atoms with van der Waals surface area (Å²) in [6.07, 6.45) is 1.67. The lowest BCUT2D eigenvalue weighted by molar-refractivity contribution is 0.151. The van der Waals surface area contributed by atoms with Gasteiger partial charge in [0.2, 0.25) is 0 Å². The Bertz CT molecular complexity index is 347. The van der Waals surface area contributed by atoms with Crippen LogP contribution in [0.15, 0.2) is 24.3 Å². The van der Waals surface area contributed by atoms with E-state index in [1.165, 1.54) is 5.56 Å². The third-order valence-corrected chi connectivity index (χ3v) is 3.39. The van der Waals surface area contributed by atoms with E-state index in [0.717, 1.165) is 25.2 Å². The second-order valence-corrected chi connectivity index (χ2v) is 4.95. The molecule has 0 radical (unpaired) electrons.